The SMILES string of the molecule is C=CC(=O)NC1CC(C#CC2C(C3CCC(OC4CCCCC4)CC3)C3C(N)NCNC3N2C2CCOC2)C1. The van der Waals surface area contributed by atoms with E-state index in [-0.39, 0.29) is 30.3 Å². The minimum atomic E-state index is -0.0885. The summed E-state index contributed by atoms with van der Waals surface area (Å²) in [6.07, 6.45) is 16.6. The highest BCUT2D eigenvalue weighted by Gasteiger charge is 2.56. The van der Waals surface area contributed by atoms with Crippen LogP contribution in [-0.2, 0) is 14.3 Å². The van der Waals surface area contributed by atoms with Gasteiger partial charge in [-0.25, -0.2) is 0 Å². The Kier molecular flexibility index (Phi) is 8.94. The van der Waals surface area contributed by atoms with Crippen LogP contribution in [0, 0.1) is 35.5 Å². The largest absolute Gasteiger partial charge is 0.380 e. The summed E-state index contributed by atoms with van der Waals surface area (Å²) in [7, 11) is 0. The lowest BCUT2D eigenvalue weighted by molar-refractivity contribution is -0.117. The molecule has 3 saturated carbocycles. The van der Waals surface area contributed by atoms with Crippen molar-refractivity contribution >= 4 is 5.91 Å². The fraction of sp³-hybridized carbons (Fsp3) is 0.839. The Labute approximate surface area is 234 Å². The maximum atomic E-state index is 11.7. The molecule has 0 spiro atoms. The molecule has 5 N–H and O–H groups in total. The minimum Gasteiger partial charge on any atom is -0.380 e. The van der Waals surface area contributed by atoms with Crippen molar-refractivity contribution in [3.8, 4) is 11.8 Å². The molecule has 6 unspecified atom stereocenters. The van der Waals surface area contributed by atoms with Crippen molar-refractivity contribution < 1.29 is 14.3 Å². The monoisotopic (exact) mass is 539 g/mol. The highest BCUT2D eigenvalue weighted by atomic mass is 16.5. The molecule has 39 heavy (non-hydrogen) atoms. The molecule has 0 aromatic rings. The van der Waals surface area contributed by atoms with Crippen LogP contribution in [0.2, 0.25) is 0 Å². The van der Waals surface area contributed by atoms with Crippen molar-refractivity contribution in [3.05, 3.63) is 12.7 Å². The van der Waals surface area contributed by atoms with Crippen LogP contribution in [0.15, 0.2) is 12.7 Å². The molecule has 3 aliphatic heterocycles. The highest BCUT2D eigenvalue weighted by Crippen LogP contribution is 2.47. The molecule has 6 aliphatic rings. The molecule has 8 heteroatoms. The van der Waals surface area contributed by atoms with E-state index in [2.05, 4.69) is 39.3 Å². The summed E-state index contributed by atoms with van der Waals surface area (Å²) >= 11 is 0. The molecule has 6 rings (SSSR count). The van der Waals surface area contributed by atoms with Crippen LogP contribution < -0.4 is 21.7 Å². The van der Waals surface area contributed by atoms with Crippen LogP contribution in [0.25, 0.3) is 0 Å². The molecular weight excluding hydrogens is 490 g/mol. The van der Waals surface area contributed by atoms with E-state index in [4.69, 9.17) is 15.2 Å². The molecule has 3 heterocycles. The molecular formula is C31H49N5O3. The number of carbonyl (C=O) groups is 1. The number of nitrogens with zero attached hydrogens (tertiary/aromatic N) is 1. The number of nitrogens with two attached hydrogens (primary N) is 1. The van der Waals surface area contributed by atoms with Gasteiger partial charge in [0.2, 0.25) is 5.91 Å². The van der Waals surface area contributed by atoms with Gasteiger partial charge in [0, 0.05) is 37.2 Å². The second-order valence-corrected chi connectivity index (χ2v) is 12.9. The number of likely N-dealkylation sites (tertiary alicyclic amines) is 1. The minimum absolute atomic E-state index is 0.0312. The first kappa shape index (κ1) is 27.7. The summed E-state index contributed by atoms with van der Waals surface area (Å²) < 4.78 is 12.5. The summed E-state index contributed by atoms with van der Waals surface area (Å²) in [4.78, 5) is 14.4. The third-order valence-corrected chi connectivity index (χ3v) is 10.5. The first-order chi connectivity index (χ1) is 19.1. The maximum absolute atomic E-state index is 11.7. The van der Waals surface area contributed by atoms with Crippen LogP contribution in [0.1, 0.15) is 77.0 Å². The Morgan fingerprint density at radius 2 is 1.77 bits per heavy atom. The van der Waals surface area contributed by atoms with E-state index in [1.807, 2.05) is 0 Å². The predicted molar refractivity (Wildman–Crippen MR) is 151 cm³/mol. The third-order valence-electron chi connectivity index (χ3n) is 10.5. The Morgan fingerprint density at radius 1 is 1.00 bits per heavy atom. The van der Waals surface area contributed by atoms with E-state index in [9.17, 15) is 4.79 Å². The highest BCUT2D eigenvalue weighted by molar-refractivity contribution is 5.87. The first-order valence-corrected chi connectivity index (χ1v) is 15.8. The predicted octanol–water partition coefficient (Wildman–Crippen LogP) is 2.45. The van der Waals surface area contributed by atoms with Crippen molar-refractivity contribution in [2.24, 2.45) is 29.4 Å². The Balaban J connectivity index is 1.18. The average Bonchev–Trinajstić information content (AvgIpc) is 3.57. The van der Waals surface area contributed by atoms with Gasteiger partial charge in [0.1, 0.15) is 0 Å². The zero-order valence-corrected chi connectivity index (χ0v) is 23.5. The van der Waals surface area contributed by atoms with Crippen molar-refractivity contribution in [1.29, 1.82) is 0 Å². The second-order valence-electron chi connectivity index (χ2n) is 12.9. The fourth-order valence-electron chi connectivity index (χ4n) is 8.44. The zero-order valence-electron chi connectivity index (χ0n) is 23.5. The molecule has 0 radical (unpaired) electrons. The van der Waals surface area contributed by atoms with Crippen LogP contribution in [0.5, 0.6) is 0 Å². The Hall–Kier alpha value is -1.47. The molecule has 6 atom stereocenters. The van der Waals surface area contributed by atoms with Crippen LogP contribution in [-0.4, -0.2) is 73.4 Å². The smallest absolute Gasteiger partial charge is 0.243 e. The quantitative estimate of drug-likeness (QED) is 0.304. The van der Waals surface area contributed by atoms with Gasteiger partial charge in [-0.1, -0.05) is 37.7 Å². The lowest BCUT2D eigenvalue weighted by Crippen LogP contribution is -2.64. The van der Waals surface area contributed by atoms with E-state index >= 15 is 0 Å². The number of nitrogens with one attached hydrogen (secondary N) is 3. The van der Waals surface area contributed by atoms with E-state index < -0.39 is 0 Å². The van der Waals surface area contributed by atoms with Crippen LogP contribution in [0.3, 0.4) is 0 Å². The van der Waals surface area contributed by atoms with Crippen molar-refractivity contribution in [1.82, 2.24) is 20.9 Å². The van der Waals surface area contributed by atoms with E-state index in [1.165, 1.54) is 51.0 Å². The van der Waals surface area contributed by atoms with Crippen LogP contribution in [0.4, 0.5) is 0 Å². The van der Waals surface area contributed by atoms with Crippen molar-refractivity contribution in [2.45, 2.75) is 120 Å². The third kappa shape index (κ3) is 6.10. The number of hydrogen-bond donors (Lipinski definition) is 4. The van der Waals surface area contributed by atoms with E-state index in [0.717, 1.165) is 52.0 Å². The normalized spacial score (nSPS) is 43.1. The van der Waals surface area contributed by atoms with Crippen LogP contribution >= 0.6 is 0 Å². The van der Waals surface area contributed by atoms with Gasteiger partial charge in [0.25, 0.3) is 0 Å². The van der Waals surface area contributed by atoms with Gasteiger partial charge in [0.05, 0.1) is 37.2 Å². The molecule has 8 nitrogen and oxygen atoms in total. The topological polar surface area (TPSA) is 101 Å². The molecule has 0 aromatic carbocycles. The number of hydrogen-bond acceptors (Lipinski definition) is 7. The van der Waals surface area contributed by atoms with E-state index in [1.54, 1.807) is 0 Å². The number of ether oxygens (including phenoxy) is 2. The molecule has 0 aromatic heterocycles. The summed E-state index contributed by atoms with van der Waals surface area (Å²) in [5.41, 5.74) is 6.83. The maximum Gasteiger partial charge on any atom is 0.243 e. The number of fused-ring (bicyclic) bond motifs is 1. The fourth-order valence-corrected chi connectivity index (χ4v) is 8.44. The summed E-state index contributed by atoms with van der Waals surface area (Å²) in [5, 5.41) is 10.3. The lowest BCUT2D eigenvalue weighted by Gasteiger charge is -2.41. The number of amides is 1. The summed E-state index contributed by atoms with van der Waals surface area (Å²) in [6, 6.07) is 0.772. The summed E-state index contributed by atoms with van der Waals surface area (Å²) in [6.45, 7) is 5.90. The van der Waals surface area contributed by atoms with Crippen molar-refractivity contribution in [3.63, 3.8) is 0 Å². The molecule has 1 amide bonds. The molecule has 0 bridgehead atoms. The second kappa shape index (κ2) is 12.6. The van der Waals surface area contributed by atoms with Gasteiger partial charge in [-0.2, -0.15) is 0 Å². The van der Waals surface area contributed by atoms with Gasteiger partial charge in [-0.3, -0.25) is 20.3 Å². The van der Waals surface area contributed by atoms with E-state index in [0.29, 0.717) is 41.9 Å². The van der Waals surface area contributed by atoms with Gasteiger partial charge < -0.3 is 20.5 Å². The van der Waals surface area contributed by atoms with Gasteiger partial charge in [0.15, 0.2) is 0 Å². The van der Waals surface area contributed by atoms with Gasteiger partial charge in [-0.15, -0.1) is 0 Å². The molecule has 6 fully saturated rings. The van der Waals surface area contributed by atoms with Crippen molar-refractivity contribution in [2.75, 3.05) is 19.9 Å². The number of rotatable bonds is 6. The standard InChI is InChI=1S/C31H49N5O3/c1-2-27(37)35-22-16-20(17-22)8-13-26-28(21-9-11-25(12-10-21)39-24-6-4-3-5-7-24)29-30(32)33-19-34-31(29)36(26)23-14-15-38-18-23/h2,20-26,28-31,33-34H,1,3-7,9-12,14-19,32H2,(H,35,37). The lowest BCUT2D eigenvalue weighted by atomic mass is 9.70. The average molecular weight is 540 g/mol. The molecule has 3 aliphatic carbocycles. The zero-order chi connectivity index (χ0) is 26.8. The van der Waals surface area contributed by atoms with Gasteiger partial charge >= 0.3 is 0 Å². The Morgan fingerprint density at radius 3 is 2.49 bits per heavy atom. The summed E-state index contributed by atoms with van der Waals surface area (Å²) in [5.74, 6) is 9.09. The Bertz CT molecular complexity index is 909. The number of carbonyl (C=O) groups excluding carboxylic acids is 1. The van der Waals surface area contributed by atoms with Gasteiger partial charge in [-0.05, 0) is 75.7 Å². The molecule has 3 saturated heterocycles. The molecule has 216 valence electrons. The first-order valence-electron chi connectivity index (χ1n) is 15.8.